The van der Waals surface area contributed by atoms with Gasteiger partial charge in [-0.05, 0) is 24.1 Å². The predicted molar refractivity (Wildman–Crippen MR) is 75.4 cm³/mol. The van der Waals surface area contributed by atoms with E-state index < -0.39 is 0 Å². The van der Waals surface area contributed by atoms with Gasteiger partial charge in [0.05, 0.1) is 18.9 Å². The minimum absolute atomic E-state index is 0.178. The second-order valence-corrected chi connectivity index (χ2v) is 5.22. The van der Waals surface area contributed by atoms with Gasteiger partial charge >= 0.3 is 5.88 Å². The van der Waals surface area contributed by atoms with E-state index in [0.717, 1.165) is 4.90 Å². The molecule has 0 amide bonds. The Morgan fingerprint density at radius 2 is 2.35 bits per heavy atom. The van der Waals surface area contributed by atoms with E-state index in [2.05, 4.69) is 10.3 Å². The molecule has 1 aromatic carbocycles. The average Bonchev–Trinajstić information content (AvgIpc) is 2.85. The summed E-state index contributed by atoms with van der Waals surface area (Å²) in [6.45, 7) is 0. The van der Waals surface area contributed by atoms with Gasteiger partial charge in [0, 0.05) is 16.3 Å². The first-order valence-corrected chi connectivity index (χ1v) is 6.82. The zero-order valence-electron chi connectivity index (χ0n) is 11.2. The van der Waals surface area contributed by atoms with Crippen LogP contribution in [0.25, 0.3) is 0 Å². The van der Waals surface area contributed by atoms with Crippen LogP contribution in [0.3, 0.4) is 0 Å². The zero-order chi connectivity index (χ0) is 14.5. The quantitative estimate of drug-likeness (QED) is 0.272. The van der Waals surface area contributed by atoms with Crippen LogP contribution >= 0.6 is 11.8 Å². The van der Waals surface area contributed by atoms with Crippen molar-refractivity contribution in [2.45, 2.75) is 4.90 Å². The molecule has 106 valence electrons. The lowest BCUT2D eigenvalue weighted by atomic mass is 10.3. The van der Waals surface area contributed by atoms with Gasteiger partial charge in [-0.1, -0.05) is 6.07 Å². The van der Waals surface area contributed by atoms with Gasteiger partial charge in [0.25, 0.3) is 6.20 Å². The van der Waals surface area contributed by atoms with Crippen LogP contribution in [0.1, 0.15) is 0 Å². The van der Waals surface area contributed by atoms with Crippen LogP contribution in [0.15, 0.2) is 44.9 Å². The van der Waals surface area contributed by atoms with Crippen molar-refractivity contribution >= 4 is 29.2 Å². The highest BCUT2D eigenvalue weighted by molar-refractivity contribution is 8.00. The fourth-order valence-electron chi connectivity index (χ4n) is 1.37. The van der Waals surface area contributed by atoms with Crippen molar-refractivity contribution in [2.24, 2.45) is 4.99 Å². The van der Waals surface area contributed by atoms with Gasteiger partial charge in [0.2, 0.25) is 5.27 Å². The molecular formula is C12H15N5O2S. The number of aliphatic imine (C=N–C) groups is 1. The molecule has 0 spiro atoms. The largest absolute Gasteiger partial charge is 0.861 e. The van der Waals surface area contributed by atoms with Gasteiger partial charge in [0.15, 0.2) is 0 Å². The van der Waals surface area contributed by atoms with Gasteiger partial charge in [0.1, 0.15) is 0 Å². The molecule has 8 heteroatoms. The maximum atomic E-state index is 11.7. The Morgan fingerprint density at radius 1 is 1.55 bits per heavy atom. The van der Waals surface area contributed by atoms with Gasteiger partial charge in [-0.2, -0.15) is 5.01 Å². The molecule has 0 fully saturated rings. The van der Waals surface area contributed by atoms with Crippen LogP contribution in [0.4, 0.5) is 11.6 Å². The van der Waals surface area contributed by atoms with Gasteiger partial charge in [-0.25, -0.2) is 4.99 Å². The molecule has 2 rings (SSSR count). The maximum absolute atomic E-state index is 11.7. The summed E-state index contributed by atoms with van der Waals surface area (Å²) in [5, 5.41) is 17.1. The van der Waals surface area contributed by atoms with Crippen molar-refractivity contribution in [2.75, 3.05) is 30.6 Å². The number of hydrogen-bond acceptors (Lipinski definition) is 7. The first-order valence-electron chi connectivity index (χ1n) is 5.84. The van der Waals surface area contributed by atoms with Gasteiger partial charge in [-0.3, -0.25) is 4.52 Å². The van der Waals surface area contributed by atoms with Crippen LogP contribution in [-0.2, 0) is 0 Å². The van der Waals surface area contributed by atoms with E-state index in [-0.39, 0.29) is 17.5 Å². The molecule has 2 aromatic rings. The highest BCUT2D eigenvalue weighted by Crippen LogP contribution is 2.20. The normalized spacial score (nSPS) is 11.6. The molecule has 20 heavy (non-hydrogen) atoms. The van der Waals surface area contributed by atoms with Crippen LogP contribution < -0.4 is 20.6 Å². The lowest BCUT2D eigenvalue weighted by molar-refractivity contribution is -0.753. The molecule has 1 aromatic heterocycles. The van der Waals surface area contributed by atoms with Gasteiger partial charge in [-0.15, -0.1) is 11.8 Å². The Hall–Kier alpha value is -2.22. The topological polar surface area (TPSA) is 94.6 Å². The Balaban J connectivity index is 1.96. The smallest absolute Gasteiger partial charge is 0.324 e. The predicted octanol–water partition coefficient (Wildman–Crippen LogP) is -0.0755. The number of rotatable bonds is 5. The van der Waals surface area contributed by atoms with E-state index in [1.807, 2.05) is 18.2 Å². The molecule has 0 radical (unpaired) electrons. The van der Waals surface area contributed by atoms with Crippen LogP contribution in [0, 0.1) is 0 Å². The zero-order valence-corrected chi connectivity index (χ0v) is 12.0. The summed E-state index contributed by atoms with van der Waals surface area (Å²) in [4.78, 5) is 6.20. The summed E-state index contributed by atoms with van der Waals surface area (Å²) in [7, 11) is 3.59. The highest BCUT2D eigenvalue weighted by Gasteiger charge is 2.12. The summed E-state index contributed by atoms with van der Waals surface area (Å²) in [5.41, 5.74) is 6.34. The molecule has 1 heterocycles. The minimum Gasteiger partial charge on any atom is -0.861 e. The molecular weight excluding hydrogens is 278 g/mol. The minimum atomic E-state index is -0.292. The molecule has 0 aliphatic carbocycles. The lowest BCUT2D eigenvalue weighted by Gasteiger charge is -2.08. The second-order valence-electron chi connectivity index (χ2n) is 4.17. The Labute approximate surface area is 120 Å². The second kappa shape index (κ2) is 6.29. The highest BCUT2D eigenvalue weighted by atomic mass is 32.2. The van der Waals surface area contributed by atoms with E-state index in [1.54, 1.807) is 25.2 Å². The summed E-state index contributed by atoms with van der Waals surface area (Å²) in [6, 6.07) is 7.34. The summed E-state index contributed by atoms with van der Waals surface area (Å²) >= 11 is 1.37. The summed E-state index contributed by atoms with van der Waals surface area (Å²) in [6.07, 6.45) is 1.53. The third-order valence-corrected chi connectivity index (χ3v) is 3.29. The van der Waals surface area contributed by atoms with Crippen molar-refractivity contribution in [1.29, 1.82) is 0 Å². The SMILES string of the molecule is CN(C)[n+]1cc(/N=C(/[O-])CSc2cccc(N)c2)on1. The van der Waals surface area contributed by atoms with Crippen molar-refractivity contribution in [3.63, 3.8) is 0 Å². The number of aromatic nitrogens is 2. The van der Waals surface area contributed by atoms with E-state index in [0.29, 0.717) is 5.69 Å². The number of hydrogen-bond donors (Lipinski definition) is 1. The Bertz CT molecular complexity index is 611. The number of thioether (sulfide) groups is 1. The van der Waals surface area contributed by atoms with E-state index in [9.17, 15) is 5.11 Å². The number of benzene rings is 1. The molecule has 0 unspecified atom stereocenters. The van der Waals surface area contributed by atoms with Crippen molar-refractivity contribution in [1.82, 2.24) is 5.27 Å². The fraction of sp³-hybridized carbons (Fsp3) is 0.250. The third-order valence-electron chi connectivity index (χ3n) is 2.31. The van der Waals surface area contributed by atoms with E-state index in [4.69, 9.17) is 10.3 Å². The first-order chi connectivity index (χ1) is 9.54. The molecule has 0 saturated heterocycles. The summed E-state index contributed by atoms with van der Waals surface area (Å²) < 4.78 is 4.92. The molecule has 0 aliphatic rings. The molecule has 0 saturated carbocycles. The van der Waals surface area contributed by atoms with Crippen molar-refractivity contribution < 1.29 is 14.4 Å². The maximum Gasteiger partial charge on any atom is 0.324 e. The van der Waals surface area contributed by atoms with Crippen LogP contribution in [0.5, 0.6) is 0 Å². The summed E-state index contributed by atoms with van der Waals surface area (Å²) in [5.74, 6) is 0.0999. The molecule has 7 nitrogen and oxygen atoms in total. The molecule has 0 atom stereocenters. The molecule has 0 aliphatic heterocycles. The van der Waals surface area contributed by atoms with E-state index >= 15 is 0 Å². The molecule has 2 N–H and O–H groups in total. The average molecular weight is 293 g/mol. The Morgan fingerprint density at radius 3 is 3.00 bits per heavy atom. The number of nitrogen functional groups attached to an aromatic ring is 1. The van der Waals surface area contributed by atoms with E-state index in [1.165, 1.54) is 22.7 Å². The number of nitrogens with two attached hydrogens (primary N) is 1. The number of anilines is 1. The first kappa shape index (κ1) is 14.2. The van der Waals surface area contributed by atoms with Crippen LogP contribution in [0.2, 0.25) is 0 Å². The van der Waals surface area contributed by atoms with Crippen molar-refractivity contribution in [3.8, 4) is 0 Å². The number of nitrogens with zero attached hydrogens (tertiary/aromatic N) is 4. The lowest BCUT2D eigenvalue weighted by Crippen LogP contribution is -2.53. The standard InChI is InChI=1S/C12H15N5O2S/c1-16(2)17-7-12(19-15-17)14-11(18)8-20-10-5-3-4-9(13)6-10/h3-7H,8,13H2,1-2H3. The monoisotopic (exact) mass is 293 g/mol. The fourth-order valence-corrected chi connectivity index (χ4v) is 2.12. The molecule has 0 bridgehead atoms. The Kier molecular flexibility index (Phi) is 4.46. The van der Waals surface area contributed by atoms with Gasteiger partial charge < -0.3 is 10.8 Å². The van der Waals surface area contributed by atoms with Crippen LogP contribution in [-0.4, -0.2) is 31.0 Å². The third kappa shape index (κ3) is 3.89. The van der Waals surface area contributed by atoms with Crippen molar-refractivity contribution in [3.05, 3.63) is 30.5 Å².